The van der Waals surface area contributed by atoms with E-state index in [1.165, 1.54) is 0 Å². The fraction of sp³-hybridized carbons (Fsp3) is 0.250. The molecule has 0 saturated heterocycles. The molecule has 2 nitrogen and oxygen atoms in total. The molecule has 0 aliphatic heterocycles. The molecule has 0 aliphatic rings. The van der Waals surface area contributed by atoms with E-state index < -0.39 is 12.1 Å². The monoisotopic (exact) mass is 286 g/mol. The number of alkyl halides is 1. The Morgan fingerprint density at radius 3 is 2.75 bits per heavy atom. The van der Waals surface area contributed by atoms with Crippen LogP contribution in [0.5, 0.6) is 0 Å². The molecule has 1 aromatic rings. The fourth-order valence-corrected chi connectivity index (χ4v) is 1.68. The molecule has 0 amide bonds. The van der Waals surface area contributed by atoms with Crippen LogP contribution in [0.3, 0.4) is 0 Å². The second-order valence-electron chi connectivity index (χ2n) is 3.13. The minimum atomic E-state index is -1.55. The molecule has 0 saturated carbocycles. The van der Waals surface area contributed by atoms with Crippen LogP contribution in [0.4, 0.5) is 4.39 Å². The number of hydrogen-bond donors (Lipinski definition) is 0. The zero-order valence-electron chi connectivity index (χ0n) is 8.87. The van der Waals surface area contributed by atoms with Gasteiger partial charge in [-0.05, 0) is 13.0 Å². The van der Waals surface area contributed by atoms with Crippen LogP contribution in [0.15, 0.2) is 40.9 Å². The van der Waals surface area contributed by atoms with E-state index in [-0.39, 0.29) is 12.2 Å². The number of benzene rings is 1. The van der Waals surface area contributed by atoms with E-state index in [4.69, 9.17) is 4.74 Å². The van der Waals surface area contributed by atoms with E-state index in [0.717, 1.165) is 0 Å². The SMILES string of the molecule is C=C(C(=O)OCC)C(F)c1ccccc1Br. The number of carbonyl (C=O) groups is 1. The minimum Gasteiger partial charge on any atom is -0.463 e. The van der Waals surface area contributed by atoms with Gasteiger partial charge in [0.1, 0.15) is 0 Å². The highest BCUT2D eigenvalue weighted by molar-refractivity contribution is 9.10. The maximum atomic E-state index is 13.9. The molecular weight excluding hydrogens is 275 g/mol. The summed E-state index contributed by atoms with van der Waals surface area (Å²) in [7, 11) is 0. The maximum Gasteiger partial charge on any atom is 0.336 e. The van der Waals surface area contributed by atoms with Crippen LogP contribution in [-0.2, 0) is 9.53 Å². The Morgan fingerprint density at radius 2 is 2.19 bits per heavy atom. The van der Waals surface area contributed by atoms with E-state index in [9.17, 15) is 9.18 Å². The lowest BCUT2D eigenvalue weighted by Crippen LogP contribution is -2.11. The van der Waals surface area contributed by atoms with Gasteiger partial charge in [0.15, 0.2) is 6.17 Å². The van der Waals surface area contributed by atoms with Crippen molar-refractivity contribution >= 4 is 21.9 Å². The van der Waals surface area contributed by atoms with E-state index in [2.05, 4.69) is 22.5 Å². The molecule has 1 aromatic carbocycles. The van der Waals surface area contributed by atoms with Crippen LogP contribution in [-0.4, -0.2) is 12.6 Å². The number of carbonyl (C=O) groups excluding carboxylic acids is 1. The van der Waals surface area contributed by atoms with Gasteiger partial charge in [-0.3, -0.25) is 0 Å². The smallest absolute Gasteiger partial charge is 0.336 e. The van der Waals surface area contributed by atoms with Crippen LogP contribution in [0, 0.1) is 0 Å². The minimum absolute atomic E-state index is 0.186. The average molecular weight is 287 g/mol. The molecular formula is C12H12BrFO2. The third-order valence-corrected chi connectivity index (χ3v) is 2.74. The van der Waals surface area contributed by atoms with Gasteiger partial charge in [0.2, 0.25) is 0 Å². The zero-order chi connectivity index (χ0) is 12.1. The quantitative estimate of drug-likeness (QED) is 0.625. The van der Waals surface area contributed by atoms with Gasteiger partial charge in [0.05, 0.1) is 12.2 Å². The Bertz CT molecular complexity index is 404. The Hall–Kier alpha value is -1.16. The van der Waals surface area contributed by atoms with Crippen molar-refractivity contribution in [1.29, 1.82) is 0 Å². The predicted molar refractivity (Wildman–Crippen MR) is 63.8 cm³/mol. The summed E-state index contributed by atoms with van der Waals surface area (Å²) in [6.45, 7) is 5.29. The van der Waals surface area contributed by atoms with Gasteiger partial charge in [-0.1, -0.05) is 40.7 Å². The molecule has 0 fully saturated rings. The molecule has 0 bridgehead atoms. The largest absolute Gasteiger partial charge is 0.463 e. The van der Waals surface area contributed by atoms with Crippen molar-refractivity contribution in [3.8, 4) is 0 Å². The molecule has 1 rings (SSSR count). The van der Waals surface area contributed by atoms with Gasteiger partial charge >= 0.3 is 5.97 Å². The Balaban J connectivity index is 2.86. The number of ether oxygens (including phenoxy) is 1. The second kappa shape index (κ2) is 5.80. The summed E-state index contributed by atoms with van der Waals surface area (Å²) >= 11 is 3.22. The van der Waals surface area contributed by atoms with Crippen LogP contribution >= 0.6 is 15.9 Å². The Morgan fingerprint density at radius 1 is 1.56 bits per heavy atom. The molecule has 1 unspecified atom stereocenters. The molecule has 86 valence electrons. The Kier molecular flexibility index (Phi) is 4.68. The van der Waals surface area contributed by atoms with Gasteiger partial charge in [0, 0.05) is 10.0 Å². The topological polar surface area (TPSA) is 26.3 Å². The van der Waals surface area contributed by atoms with Gasteiger partial charge in [-0.15, -0.1) is 0 Å². The first-order chi connectivity index (χ1) is 7.57. The van der Waals surface area contributed by atoms with Crippen molar-refractivity contribution in [1.82, 2.24) is 0 Å². The molecule has 0 aromatic heterocycles. The summed E-state index contributed by atoms with van der Waals surface area (Å²) in [5, 5.41) is 0. The highest BCUT2D eigenvalue weighted by Gasteiger charge is 2.22. The van der Waals surface area contributed by atoms with Crippen molar-refractivity contribution in [2.75, 3.05) is 6.61 Å². The molecule has 0 aliphatic carbocycles. The van der Waals surface area contributed by atoms with Crippen LogP contribution < -0.4 is 0 Å². The summed E-state index contributed by atoms with van der Waals surface area (Å²) in [4.78, 5) is 11.3. The van der Waals surface area contributed by atoms with Crippen molar-refractivity contribution < 1.29 is 13.9 Å². The van der Waals surface area contributed by atoms with Crippen LogP contribution in [0.25, 0.3) is 0 Å². The molecule has 4 heteroatoms. The van der Waals surface area contributed by atoms with Gasteiger partial charge in [-0.25, -0.2) is 9.18 Å². The van der Waals surface area contributed by atoms with Crippen LogP contribution in [0.2, 0.25) is 0 Å². The van der Waals surface area contributed by atoms with E-state index >= 15 is 0 Å². The van der Waals surface area contributed by atoms with Gasteiger partial charge in [0.25, 0.3) is 0 Å². The highest BCUT2D eigenvalue weighted by Crippen LogP contribution is 2.31. The third-order valence-electron chi connectivity index (χ3n) is 2.02. The van der Waals surface area contributed by atoms with Gasteiger partial charge in [-0.2, -0.15) is 0 Å². The zero-order valence-corrected chi connectivity index (χ0v) is 10.5. The first kappa shape index (κ1) is 12.9. The number of hydrogen-bond acceptors (Lipinski definition) is 2. The summed E-state index contributed by atoms with van der Waals surface area (Å²) in [6, 6.07) is 6.78. The van der Waals surface area contributed by atoms with Crippen LogP contribution in [0.1, 0.15) is 18.7 Å². The lowest BCUT2D eigenvalue weighted by molar-refractivity contribution is -0.139. The molecule has 0 N–H and O–H groups in total. The van der Waals surface area contributed by atoms with E-state index in [1.807, 2.05) is 0 Å². The summed E-state index contributed by atoms with van der Waals surface area (Å²) in [5.41, 5.74) is 0.189. The predicted octanol–water partition coefficient (Wildman–Crippen LogP) is 3.58. The van der Waals surface area contributed by atoms with E-state index in [1.54, 1.807) is 31.2 Å². The maximum absolute atomic E-state index is 13.9. The summed E-state index contributed by atoms with van der Waals surface area (Å²) in [5.74, 6) is -0.703. The number of rotatable bonds is 4. The van der Waals surface area contributed by atoms with Crippen molar-refractivity contribution in [3.63, 3.8) is 0 Å². The van der Waals surface area contributed by atoms with Gasteiger partial charge < -0.3 is 4.74 Å². The second-order valence-corrected chi connectivity index (χ2v) is 3.98. The third kappa shape index (κ3) is 2.92. The van der Waals surface area contributed by atoms with Crippen molar-refractivity contribution in [3.05, 3.63) is 46.5 Å². The summed E-state index contributed by atoms with van der Waals surface area (Å²) < 4.78 is 19.2. The normalized spacial score (nSPS) is 11.9. The molecule has 0 radical (unpaired) electrons. The first-order valence-corrected chi connectivity index (χ1v) is 5.61. The lowest BCUT2D eigenvalue weighted by atomic mass is 10.0. The molecule has 16 heavy (non-hydrogen) atoms. The molecule has 1 atom stereocenters. The molecule has 0 spiro atoms. The van der Waals surface area contributed by atoms with Crippen molar-refractivity contribution in [2.45, 2.75) is 13.1 Å². The fourth-order valence-electron chi connectivity index (χ4n) is 1.20. The highest BCUT2D eigenvalue weighted by atomic mass is 79.9. The Labute approximate surface area is 102 Å². The standard InChI is InChI=1S/C12H12BrFO2/c1-3-16-12(15)8(2)11(14)9-6-4-5-7-10(9)13/h4-7,11H,2-3H2,1H3. The average Bonchev–Trinajstić information content (AvgIpc) is 2.28. The lowest BCUT2D eigenvalue weighted by Gasteiger charge is -2.12. The number of esters is 1. The number of halogens is 2. The van der Waals surface area contributed by atoms with E-state index in [0.29, 0.717) is 10.0 Å². The first-order valence-electron chi connectivity index (χ1n) is 4.82. The summed E-state index contributed by atoms with van der Waals surface area (Å²) in [6.07, 6.45) is -1.55. The van der Waals surface area contributed by atoms with Crippen molar-refractivity contribution in [2.24, 2.45) is 0 Å². The molecule has 0 heterocycles.